The number of rotatable bonds is 3. The van der Waals surface area contributed by atoms with Crippen LogP contribution in [0.25, 0.3) is 16.8 Å². The van der Waals surface area contributed by atoms with E-state index >= 15 is 0 Å². The fourth-order valence-electron chi connectivity index (χ4n) is 1.92. The summed E-state index contributed by atoms with van der Waals surface area (Å²) in [5, 5.41) is 11.1. The highest BCUT2D eigenvalue weighted by Gasteiger charge is 2.14. The van der Waals surface area contributed by atoms with Crippen molar-refractivity contribution in [3.8, 4) is 11.3 Å². The van der Waals surface area contributed by atoms with Crippen LogP contribution in [0.1, 0.15) is 11.3 Å². The van der Waals surface area contributed by atoms with Crippen LogP contribution in [-0.2, 0) is 0 Å². The fraction of sp³-hybridized carbons (Fsp3) is 0. The molecule has 0 aliphatic rings. The highest BCUT2D eigenvalue weighted by atomic mass is 15.3. The summed E-state index contributed by atoms with van der Waals surface area (Å²) in [5.41, 5.74) is 4.30. The molecule has 0 bridgehead atoms. The number of H-pyrrole nitrogens is 1. The Morgan fingerprint density at radius 1 is 1.00 bits per heavy atom. The number of aromatic nitrogens is 4. The number of hydrogen-bond donors (Lipinski definition) is 1. The van der Waals surface area contributed by atoms with Crippen LogP contribution >= 0.6 is 0 Å². The summed E-state index contributed by atoms with van der Waals surface area (Å²) in [6.45, 7) is 4.11. The quantitative estimate of drug-likeness (QED) is 0.775. The Kier molecular flexibility index (Phi) is 2.90. The van der Waals surface area contributed by atoms with Crippen LogP contribution in [0.15, 0.2) is 61.4 Å². The van der Waals surface area contributed by atoms with Gasteiger partial charge in [-0.1, -0.05) is 36.9 Å². The number of pyridine rings is 1. The van der Waals surface area contributed by atoms with Crippen molar-refractivity contribution in [1.82, 2.24) is 20.4 Å². The Labute approximate surface area is 110 Å². The monoisotopic (exact) mass is 248 g/mol. The van der Waals surface area contributed by atoms with Crippen LogP contribution in [0.3, 0.4) is 0 Å². The van der Waals surface area contributed by atoms with E-state index in [0.717, 1.165) is 28.1 Å². The van der Waals surface area contributed by atoms with E-state index < -0.39 is 0 Å². The van der Waals surface area contributed by atoms with Gasteiger partial charge in [0.15, 0.2) is 0 Å². The molecule has 0 saturated heterocycles. The van der Waals surface area contributed by atoms with Crippen molar-refractivity contribution >= 4 is 5.57 Å². The minimum absolute atomic E-state index is 0.749. The first-order valence-corrected chi connectivity index (χ1v) is 5.92. The molecule has 0 aliphatic heterocycles. The number of benzene rings is 1. The van der Waals surface area contributed by atoms with Gasteiger partial charge < -0.3 is 0 Å². The highest BCUT2D eigenvalue weighted by molar-refractivity contribution is 5.83. The van der Waals surface area contributed by atoms with Gasteiger partial charge in [-0.2, -0.15) is 15.4 Å². The van der Waals surface area contributed by atoms with Crippen LogP contribution < -0.4 is 0 Å². The van der Waals surface area contributed by atoms with Gasteiger partial charge in [-0.15, -0.1) is 0 Å². The van der Waals surface area contributed by atoms with Gasteiger partial charge in [0.25, 0.3) is 0 Å². The van der Waals surface area contributed by atoms with Crippen LogP contribution in [0.5, 0.6) is 0 Å². The lowest BCUT2D eigenvalue weighted by Gasteiger charge is -2.04. The molecule has 4 nitrogen and oxygen atoms in total. The predicted octanol–water partition coefficient (Wildman–Crippen LogP) is 2.93. The van der Waals surface area contributed by atoms with Gasteiger partial charge in [-0.25, -0.2) is 0 Å². The first-order chi connectivity index (χ1) is 9.36. The predicted molar refractivity (Wildman–Crippen MR) is 74.2 cm³/mol. The topological polar surface area (TPSA) is 54.5 Å². The number of nitrogens with zero attached hydrogens (tertiary/aromatic N) is 3. The zero-order chi connectivity index (χ0) is 13.1. The van der Waals surface area contributed by atoms with E-state index in [2.05, 4.69) is 27.0 Å². The number of hydrogen-bond acceptors (Lipinski definition) is 3. The van der Waals surface area contributed by atoms with Crippen molar-refractivity contribution in [2.24, 2.45) is 0 Å². The largest absolute Gasteiger partial charge is 0.264 e. The van der Waals surface area contributed by atoms with Crippen LogP contribution in [0, 0.1) is 0 Å². The first kappa shape index (κ1) is 11.3. The van der Waals surface area contributed by atoms with E-state index in [9.17, 15) is 0 Å². The molecular weight excluding hydrogens is 236 g/mol. The SMILES string of the molecule is C=C(c1ccccc1)c1n[nH]nc1-c1cccnc1. The molecule has 92 valence electrons. The highest BCUT2D eigenvalue weighted by Crippen LogP contribution is 2.27. The van der Waals surface area contributed by atoms with Crippen LogP contribution in [0.4, 0.5) is 0 Å². The van der Waals surface area contributed by atoms with Gasteiger partial charge in [-0.05, 0) is 17.7 Å². The molecule has 0 radical (unpaired) electrons. The maximum absolute atomic E-state index is 4.21. The Morgan fingerprint density at radius 3 is 2.58 bits per heavy atom. The summed E-state index contributed by atoms with van der Waals surface area (Å²) < 4.78 is 0. The molecule has 0 fully saturated rings. The van der Waals surface area contributed by atoms with E-state index in [1.54, 1.807) is 12.4 Å². The van der Waals surface area contributed by atoms with Crippen molar-refractivity contribution in [3.63, 3.8) is 0 Å². The fourth-order valence-corrected chi connectivity index (χ4v) is 1.92. The Bertz CT molecular complexity index is 686. The van der Waals surface area contributed by atoms with E-state index in [-0.39, 0.29) is 0 Å². The summed E-state index contributed by atoms with van der Waals surface area (Å²) in [5.74, 6) is 0. The maximum Gasteiger partial charge on any atom is 0.122 e. The minimum Gasteiger partial charge on any atom is -0.264 e. The summed E-state index contributed by atoms with van der Waals surface area (Å²) in [7, 11) is 0. The van der Waals surface area contributed by atoms with Gasteiger partial charge in [-0.3, -0.25) is 4.98 Å². The van der Waals surface area contributed by atoms with E-state index in [0.29, 0.717) is 0 Å². The molecule has 3 aromatic rings. The van der Waals surface area contributed by atoms with Crippen LogP contribution in [-0.4, -0.2) is 20.4 Å². The summed E-state index contributed by atoms with van der Waals surface area (Å²) >= 11 is 0. The molecule has 19 heavy (non-hydrogen) atoms. The molecule has 0 unspecified atom stereocenters. The van der Waals surface area contributed by atoms with Gasteiger partial charge >= 0.3 is 0 Å². The van der Waals surface area contributed by atoms with Crippen molar-refractivity contribution < 1.29 is 0 Å². The first-order valence-electron chi connectivity index (χ1n) is 5.92. The number of nitrogens with one attached hydrogen (secondary N) is 1. The molecule has 2 aromatic heterocycles. The summed E-state index contributed by atoms with van der Waals surface area (Å²) in [6.07, 6.45) is 3.49. The molecule has 4 heteroatoms. The Balaban J connectivity index is 2.04. The second kappa shape index (κ2) is 4.86. The minimum atomic E-state index is 0.749. The third-order valence-electron chi connectivity index (χ3n) is 2.89. The van der Waals surface area contributed by atoms with Crippen LogP contribution in [0.2, 0.25) is 0 Å². The zero-order valence-corrected chi connectivity index (χ0v) is 10.2. The standard InChI is InChI=1S/C15H12N4/c1-11(12-6-3-2-4-7-12)14-15(18-19-17-14)13-8-5-9-16-10-13/h2-10H,1H2,(H,17,18,19). The van der Waals surface area contributed by atoms with Gasteiger partial charge in [0.2, 0.25) is 0 Å². The summed E-state index contributed by atoms with van der Waals surface area (Å²) in [4.78, 5) is 4.10. The normalized spacial score (nSPS) is 10.3. The smallest absolute Gasteiger partial charge is 0.122 e. The molecule has 0 amide bonds. The van der Waals surface area contributed by atoms with Crippen molar-refractivity contribution in [1.29, 1.82) is 0 Å². The third kappa shape index (κ3) is 2.15. The summed E-state index contributed by atoms with van der Waals surface area (Å²) in [6, 6.07) is 13.8. The molecule has 2 heterocycles. The lowest BCUT2D eigenvalue weighted by Crippen LogP contribution is -1.90. The van der Waals surface area contributed by atoms with E-state index in [1.165, 1.54) is 0 Å². The molecule has 0 atom stereocenters. The zero-order valence-electron chi connectivity index (χ0n) is 10.2. The molecule has 3 rings (SSSR count). The Hall–Kier alpha value is -2.75. The van der Waals surface area contributed by atoms with Gasteiger partial charge in [0, 0.05) is 23.5 Å². The third-order valence-corrected chi connectivity index (χ3v) is 2.89. The van der Waals surface area contributed by atoms with Crippen molar-refractivity contribution in [3.05, 3.63) is 72.7 Å². The van der Waals surface area contributed by atoms with E-state index in [1.807, 2.05) is 42.5 Å². The molecule has 1 N–H and O–H groups in total. The Morgan fingerprint density at radius 2 is 1.84 bits per heavy atom. The molecule has 0 aliphatic carbocycles. The lowest BCUT2D eigenvalue weighted by atomic mass is 10.0. The molecule has 1 aromatic carbocycles. The average molecular weight is 248 g/mol. The maximum atomic E-state index is 4.21. The lowest BCUT2D eigenvalue weighted by molar-refractivity contribution is 0.937. The van der Waals surface area contributed by atoms with Gasteiger partial charge in [0.05, 0.1) is 0 Å². The van der Waals surface area contributed by atoms with Crippen molar-refractivity contribution in [2.45, 2.75) is 0 Å². The molecule has 0 spiro atoms. The average Bonchev–Trinajstić information content (AvgIpc) is 2.98. The van der Waals surface area contributed by atoms with E-state index in [4.69, 9.17) is 0 Å². The van der Waals surface area contributed by atoms with Crippen molar-refractivity contribution in [2.75, 3.05) is 0 Å². The van der Waals surface area contributed by atoms with Gasteiger partial charge in [0.1, 0.15) is 11.4 Å². The second-order valence-corrected chi connectivity index (χ2v) is 4.11. The molecule has 0 saturated carbocycles. The number of aromatic amines is 1. The second-order valence-electron chi connectivity index (χ2n) is 4.11. The molecular formula is C15H12N4.